The molecule has 0 aliphatic heterocycles. The van der Waals surface area contributed by atoms with Gasteiger partial charge in [-0.3, -0.25) is 4.79 Å². The number of nitrogens with one attached hydrogen (secondary N) is 1. The summed E-state index contributed by atoms with van der Waals surface area (Å²) >= 11 is 0. The van der Waals surface area contributed by atoms with E-state index in [1.165, 1.54) is 0 Å². The van der Waals surface area contributed by atoms with Crippen molar-refractivity contribution in [2.75, 3.05) is 13.2 Å². The van der Waals surface area contributed by atoms with Gasteiger partial charge in [0.15, 0.2) is 0 Å². The molecule has 0 spiro atoms. The second-order valence-corrected chi connectivity index (χ2v) is 5.08. The highest BCUT2D eigenvalue weighted by Gasteiger charge is 1.99. The molecule has 2 aromatic rings. The Kier molecular flexibility index (Phi) is 7.50. The van der Waals surface area contributed by atoms with Crippen LogP contribution in [0, 0.1) is 0 Å². The Morgan fingerprint density at radius 3 is 2.58 bits per heavy atom. The molecule has 24 heavy (non-hydrogen) atoms. The minimum absolute atomic E-state index is 0.164. The summed E-state index contributed by atoms with van der Waals surface area (Å²) in [5.74, 6) is 0.624. The largest absolute Gasteiger partial charge is 0.489 e. The van der Waals surface area contributed by atoms with Crippen LogP contribution in [0.25, 0.3) is 0 Å². The van der Waals surface area contributed by atoms with Crippen molar-refractivity contribution in [2.24, 2.45) is 5.10 Å². The van der Waals surface area contributed by atoms with E-state index in [-0.39, 0.29) is 5.91 Å². The summed E-state index contributed by atoms with van der Waals surface area (Å²) in [4.78, 5) is 11.5. The third-order valence-electron chi connectivity index (χ3n) is 3.21. The van der Waals surface area contributed by atoms with E-state index in [1.807, 2.05) is 61.5 Å². The van der Waals surface area contributed by atoms with Gasteiger partial charge >= 0.3 is 0 Å². The third-order valence-corrected chi connectivity index (χ3v) is 3.21. The summed E-state index contributed by atoms with van der Waals surface area (Å²) in [5.41, 5.74) is 4.48. The average Bonchev–Trinajstić information content (AvgIpc) is 2.62. The highest BCUT2D eigenvalue weighted by atomic mass is 16.5. The van der Waals surface area contributed by atoms with Crippen LogP contribution in [0.15, 0.2) is 59.7 Å². The van der Waals surface area contributed by atoms with E-state index in [0.29, 0.717) is 26.2 Å². The van der Waals surface area contributed by atoms with Crippen molar-refractivity contribution < 1.29 is 14.3 Å². The predicted octanol–water partition coefficient (Wildman–Crippen LogP) is 3.14. The molecule has 0 aliphatic carbocycles. The molecule has 126 valence electrons. The van der Waals surface area contributed by atoms with E-state index >= 15 is 0 Å². The first-order valence-electron chi connectivity index (χ1n) is 7.94. The van der Waals surface area contributed by atoms with Crippen LogP contribution in [-0.2, 0) is 16.1 Å². The van der Waals surface area contributed by atoms with Gasteiger partial charge in [-0.15, -0.1) is 0 Å². The lowest BCUT2D eigenvalue weighted by molar-refractivity contribution is -0.122. The summed E-state index contributed by atoms with van der Waals surface area (Å²) in [6.07, 6.45) is 1.90. The molecule has 0 fully saturated rings. The second kappa shape index (κ2) is 10.2. The average molecular weight is 326 g/mol. The van der Waals surface area contributed by atoms with Crippen LogP contribution < -0.4 is 10.2 Å². The Bertz CT molecular complexity index is 639. The smallest absolute Gasteiger partial charge is 0.242 e. The fourth-order valence-electron chi connectivity index (χ4n) is 1.93. The number of ether oxygens (including phenoxy) is 2. The number of benzene rings is 2. The maximum atomic E-state index is 11.5. The molecule has 0 saturated heterocycles. The molecule has 0 saturated carbocycles. The second-order valence-electron chi connectivity index (χ2n) is 5.08. The van der Waals surface area contributed by atoms with Crippen LogP contribution in [0.4, 0.5) is 0 Å². The summed E-state index contributed by atoms with van der Waals surface area (Å²) in [7, 11) is 0. The molecule has 1 N–H and O–H groups in total. The van der Waals surface area contributed by atoms with E-state index in [4.69, 9.17) is 9.47 Å². The minimum Gasteiger partial charge on any atom is -0.489 e. The zero-order chi connectivity index (χ0) is 17.0. The lowest BCUT2D eigenvalue weighted by Crippen LogP contribution is -2.19. The highest BCUT2D eigenvalue weighted by molar-refractivity contribution is 5.82. The van der Waals surface area contributed by atoms with Gasteiger partial charge < -0.3 is 9.47 Å². The van der Waals surface area contributed by atoms with Gasteiger partial charge in [-0.05, 0) is 42.3 Å². The van der Waals surface area contributed by atoms with Crippen LogP contribution in [-0.4, -0.2) is 25.3 Å². The molecule has 0 aromatic heterocycles. The molecule has 5 heteroatoms. The molecule has 1 amide bonds. The van der Waals surface area contributed by atoms with Crippen LogP contribution in [0.2, 0.25) is 0 Å². The maximum absolute atomic E-state index is 11.5. The zero-order valence-corrected chi connectivity index (χ0v) is 13.8. The first kappa shape index (κ1) is 17.7. The number of carbonyl (C=O) groups is 1. The Morgan fingerprint density at radius 1 is 1.12 bits per heavy atom. The van der Waals surface area contributed by atoms with Gasteiger partial charge in [0.25, 0.3) is 0 Å². The molecule has 0 atom stereocenters. The number of rotatable bonds is 9. The zero-order valence-electron chi connectivity index (χ0n) is 13.8. The van der Waals surface area contributed by atoms with Gasteiger partial charge in [0.2, 0.25) is 5.91 Å². The van der Waals surface area contributed by atoms with Crippen molar-refractivity contribution in [1.29, 1.82) is 0 Å². The standard InChI is InChI=1S/C19H22N2O3/c1-2-23-13-12-19(22)21-20-14-16-8-10-18(11-9-16)24-15-17-6-4-3-5-7-17/h3-11,14H,2,12-13,15H2,1H3,(H,21,22)/b20-14+. The van der Waals surface area contributed by atoms with Gasteiger partial charge in [-0.2, -0.15) is 5.10 Å². The Morgan fingerprint density at radius 2 is 1.88 bits per heavy atom. The van der Waals surface area contributed by atoms with E-state index < -0.39 is 0 Å². The number of hydrogen-bond donors (Lipinski definition) is 1. The summed E-state index contributed by atoms with van der Waals surface area (Å²) in [5, 5.41) is 3.92. The Labute approximate surface area is 142 Å². The normalized spacial score (nSPS) is 10.7. The first-order chi connectivity index (χ1) is 11.8. The molecule has 2 aromatic carbocycles. The monoisotopic (exact) mass is 326 g/mol. The molecule has 0 aliphatic rings. The fourth-order valence-corrected chi connectivity index (χ4v) is 1.93. The first-order valence-corrected chi connectivity index (χ1v) is 7.94. The van der Waals surface area contributed by atoms with Gasteiger partial charge in [0.1, 0.15) is 12.4 Å². The molecule has 0 heterocycles. The number of hydrogen-bond acceptors (Lipinski definition) is 4. The van der Waals surface area contributed by atoms with Gasteiger partial charge in [-0.1, -0.05) is 30.3 Å². The topological polar surface area (TPSA) is 59.9 Å². The Hall–Kier alpha value is -2.66. The van der Waals surface area contributed by atoms with E-state index in [2.05, 4.69) is 10.5 Å². The number of nitrogens with zero attached hydrogens (tertiary/aromatic N) is 1. The van der Waals surface area contributed by atoms with E-state index in [9.17, 15) is 4.79 Å². The van der Waals surface area contributed by atoms with Crippen LogP contribution in [0.3, 0.4) is 0 Å². The van der Waals surface area contributed by atoms with Gasteiger partial charge in [-0.25, -0.2) is 5.43 Å². The SMILES string of the molecule is CCOCCC(=O)N/N=C/c1ccc(OCc2ccccc2)cc1. The minimum atomic E-state index is -0.164. The van der Waals surface area contributed by atoms with Crippen molar-refractivity contribution in [2.45, 2.75) is 20.0 Å². The fraction of sp³-hybridized carbons (Fsp3) is 0.263. The van der Waals surface area contributed by atoms with Crippen molar-refractivity contribution in [3.63, 3.8) is 0 Å². The summed E-state index contributed by atoms with van der Waals surface area (Å²) in [6.45, 7) is 3.44. The van der Waals surface area contributed by atoms with Gasteiger partial charge in [0, 0.05) is 6.61 Å². The molecule has 2 rings (SSSR count). The van der Waals surface area contributed by atoms with E-state index in [1.54, 1.807) is 6.21 Å². The molecule has 0 unspecified atom stereocenters. The van der Waals surface area contributed by atoms with Crippen LogP contribution in [0.1, 0.15) is 24.5 Å². The van der Waals surface area contributed by atoms with Crippen LogP contribution in [0.5, 0.6) is 5.75 Å². The molecular formula is C19H22N2O3. The summed E-state index contributed by atoms with van der Waals surface area (Å²) < 4.78 is 10.8. The summed E-state index contributed by atoms with van der Waals surface area (Å²) in [6, 6.07) is 17.5. The third kappa shape index (κ3) is 6.62. The van der Waals surface area contributed by atoms with Crippen molar-refractivity contribution in [3.05, 3.63) is 65.7 Å². The molecular weight excluding hydrogens is 304 g/mol. The Balaban J connectivity index is 1.75. The van der Waals surface area contributed by atoms with Gasteiger partial charge in [0.05, 0.1) is 19.2 Å². The molecule has 0 radical (unpaired) electrons. The van der Waals surface area contributed by atoms with Crippen molar-refractivity contribution >= 4 is 12.1 Å². The van der Waals surface area contributed by atoms with Crippen LogP contribution >= 0.6 is 0 Å². The predicted molar refractivity (Wildman–Crippen MR) is 94.1 cm³/mol. The van der Waals surface area contributed by atoms with E-state index in [0.717, 1.165) is 16.9 Å². The lowest BCUT2D eigenvalue weighted by atomic mass is 10.2. The van der Waals surface area contributed by atoms with Crippen molar-refractivity contribution in [3.8, 4) is 5.75 Å². The molecule has 5 nitrogen and oxygen atoms in total. The number of hydrazone groups is 1. The van der Waals surface area contributed by atoms with Crippen molar-refractivity contribution in [1.82, 2.24) is 5.43 Å². The highest BCUT2D eigenvalue weighted by Crippen LogP contribution is 2.13. The quantitative estimate of drug-likeness (QED) is 0.437. The molecule has 0 bridgehead atoms. The maximum Gasteiger partial charge on any atom is 0.242 e. The number of carbonyl (C=O) groups excluding carboxylic acids is 1. The number of amides is 1. The lowest BCUT2D eigenvalue weighted by Gasteiger charge is -2.06.